The third kappa shape index (κ3) is 6.29. The van der Waals surface area contributed by atoms with Crippen LogP contribution < -0.4 is 14.2 Å². The van der Waals surface area contributed by atoms with E-state index in [0.717, 1.165) is 36.8 Å². The van der Waals surface area contributed by atoms with Gasteiger partial charge in [-0.3, -0.25) is 0 Å². The molecule has 0 aromatic heterocycles. The van der Waals surface area contributed by atoms with E-state index in [-0.39, 0.29) is 12.1 Å². The molecule has 7 heteroatoms. The van der Waals surface area contributed by atoms with Crippen LogP contribution in [0.1, 0.15) is 30.4 Å². The van der Waals surface area contributed by atoms with Gasteiger partial charge in [-0.15, -0.1) is 0 Å². The van der Waals surface area contributed by atoms with E-state index in [1.165, 1.54) is 0 Å². The van der Waals surface area contributed by atoms with E-state index in [1.54, 1.807) is 26.2 Å². The molecule has 7 nitrogen and oxygen atoms in total. The Bertz CT molecular complexity index is 832. The van der Waals surface area contributed by atoms with Gasteiger partial charge in [0.2, 0.25) is 5.75 Å². The largest absolute Gasteiger partial charge is 0.493 e. The molecule has 1 aliphatic heterocycles. The predicted octanol–water partition coefficient (Wildman–Crippen LogP) is 4.46. The summed E-state index contributed by atoms with van der Waals surface area (Å²) >= 11 is 0. The standard InChI is InChI=1S/C25H33NO6/c1-28-22-15-20(16-23(29-2)24(22)30-3)11-8-14-31-18-21-12-7-13-26(21)25(27)32-17-19-9-5-4-6-10-19/h4-6,9-10,15-16,21H,7-8,11-14,17-18H2,1-3H3. The van der Waals surface area contributed by atoms with Crippen LogP contribution in [0.5, 0.6) is 17.2 Å². The van der Waals surface area contributed by atoms with E-state index in [4.69, 9.17) is 23.7 Å². The fourth-order valence-corrected chi connectivity index (χ4v) is 3.93. The van der Waals surface area contributed by atoms with Gasteiger partial charge in [0.15, 0.2) is 11.5 Å². The summed E-state index contributed by atoms with van der Waals surface area (Å²) in [6.45, 7) is 2.14. The van der Waals surface area contributed by atoms with Crippen molar-refractivity contribution in [3.63, 3.8) is 0 Å². The minimum Gasteiger partial charge on any atom is -0.493 e. The summed E-state index contributed by atoms with van der Waals surface area (Å²) in [4.78, 5) is 14.3. The Morgan fingerprint density at radius 1 is 1.00 bits per heavy atom. The maximum absolute atomic E-state index is 12.5. The number of benzene rings is 2. The van der Waals surface area contributed by atoms with Gasteiger partial charge in [-0.1, -0.05) is 30.3 Å². The van der Waals surface area contributed by atoms with Crippen molar-refractivity contribution in [2.45, 2.75) is 38.3 Å². The highest BCUT2D eigenvalue weighted by atomic mass is 16.6. The molecule has 0 radical (unpaired) electrons. The fraction of sp³-hybridized carbons (Fsp3) is 0.480. The van der Waals surface area contributed by atoms with Gasteiger partial charge in [-0.2, -0.15) is 0 Å². The molecule has 1 aliphatic rings. The molecule has 0 saturated carbocycles. The molecule has 0 spiro atoms. The van der Waals surface area contributed by atoms with Crippen LogP contribution >= 0.6 is 0 Å². The number of carbonyl (C=O) groups excluding carboxylic acids is 1. The van der Waals surface area contributed by atoms with Crippen molar-refractivity contribution in [1.82, 2.24) is 4.90 Å². The van der Waals surface area contributed by atoms with Gasteiger partial charge in [0.05, 0.1) is 34.0 Å². The molecular weight excluding hydrogens is 410 g/mol. The number of aryl methyl sites for hydroxylation is 1. The molecule has 32 heavy (non-hydrogen) atoms. The van der Waals surface area contributed by atoms with Gasteiger partial charge in [0, 0.05) is 13.2 Å². The van der Waals surface area contributed by atoms with E-state index in [1.807, 2.05) is 42.5 Å². The molecule has 0 bridgehead atoms. The smallest absolute Gasteiger partial charge is 0.410 e. The SMILES string of the molecule is COc1cc(CCCOCC2CCCN2C(=O)OCc2ccccc2)cc(OC)c1OC. The van der Waals surface area contributed by atoms with E-state index in [9.17, 15) is 4.79 Å². The predicted molar refractivity (Wildman–Crippen MR) is 122 cm³/mol. The van der Waals surface area contributed by atoms with Crippen molar-refractivity contribution < 1.29 is 28.5 Å². The summed E-state index contributed by atoms with van der Waals surface area (Å²) in [6.07, 6.45) is 3.32. The minimum atomic E-state index is -0.266. The molecule has 174 valence electrons. The number of rotatable bonds is 11. The monoisotopic (exact) mass is 443 g/mol. The summed E-state index contributed by atoms with van der Waals surface area (Å²) in [6, 6.07) is 13.7. The van der Waals surface area contributed by atoms with Gasteiger partial charge in [-0.25, -0.2) is 4.79 Å². The Balaban J connectivity index is 1.41. The molecule has 2 aromatic carbocycles. The average molecular weight is 444 g/mol. The fourth-order valence-electron chi connectivity index (χ4n) is 3.93. The van der Waals surface area contributed by atoms with Crippen LogP contribution in [0.4, 0.5) is 4.79 Å². The van der Waals surface area contributed by atoms with Gasteiger partial charge < -0.3 is 28.6 Å². The summed E-state index contributed by atoms with van der Waals surface area (Å²) in [5.74, 6) is 1.90. The van der Waals surface area contributed by atoms with E-state index in [0.29, 0.717) is 43.6 Å². The summed E-state index contributed by atoms with van der Waals surface area (Å²) in [5, 5.41) is 0. The second-order valence-corrected chi connectivity index (χ2v) is 7.74. The minimum absolute atomic E-state index is 0.0689. The van der Waals surface area contributed by atoms with Crippen molar-refractivity contribution in [3.8, 4) is 17.2 Å². The number of nitrogens with zero attached hydrogens (tertiary/aromatic N) is 1. The first-order chi connectivity index (χ1) is 15.7. The first-order valence-corrected chi connectivity index (χ1v) is 11.0. The molecule has 1 heterocycles. The van der Waals surface area contributed by atoms with E-state index < -0.39 is 0 Å². The number of hydrogen-bond donors (Lipinski definition) is 0. The molecule has 1 fully saturated rings. The van der Waals surface area contributed by atoms with Crippen LogP contribution in [0.2, 0.25) is 0 Å². The Labute approximate surface area is 190 Å². The Morgan fingerprint density at radius 2 is 1.72 bits per heavy atom. The molecule has 1 saturated heterocycles. The van der Waals surface area contributed by atoms with Gasteiger partial charge in [0.25, 0.3) is 0 Å². The normalized spacial score (nSPS) is 15.5. The highest BCUT2D eigenvalue weighted by molar-refractivity contribution is 5.68. The zero-order valence-electron chi connectivity index (χ0n) is 19.2. The summed E-state index contributed by atoms with van der Waals surface area (Å²) in [7, 11) is 4.82. The van der Waals surface area contributed by atoms with Crippen LogP contribution in [0.25, 0.3) is 0 Å². The zero-order chi connectivity index (χ0) is 22.8. The third-order valence-corrected chi connectivity index (χ3v) is 5.61. The van der Waals surface area contributed by atoms with Gasteiger partial charge in [-0.05, 0) is 48.9 Å². The number of methoxy groups -OCH3 is 3. The van der Waals surface area contributed by atoms with Crippen LogP contribution in [0.15, 0.2) is 42.5 Å². The van der Waals surface area contributed by atoms with Crippen molar-refractivity contribution in [2.24, 2.45) is 0 Å². The number of likely N-dealkylation sites (tertiary alicyclic amines) is 1. The zero-order valence-corrected chi connectivity index (χ0v) is 19.2. The highest BCUT2D eigenvalue weighted by Crippen LogP contribution is 2.38. The first-order valence-electron chi connectivity index (χ1n) is 11.0. The van der Waals surface area contributed by atoms with Gasteiger partial charge >= 0.3 is 6.09 Å². The van der Waals surface area contributed by atoms with Crippen molar-refractivity contribution in [2.75, 3.05) is 41.1 Å². The van der Waals surface area contributed by atoms with Crippen molar-refractivity contribution in [1.29, 1.82) is 0 Å². The van der Waals surface area contributed by atoms with E-state index >= 15 is 0 Å². The Kier molecular flexibility index (Phi) is 9.04. The molecule has 0 N–H and O–H groups in total. The lowest BCUT2D eigenvalue weighted by atomic mass is 10.1. The molecule has 1 unspecified atom stereocenters. The molecule has 1 amide bonds. The average Bonchev–Trinajstić information content (AvgIpc) is 3.30. The molecule has 3 rings (SSSR count). The second-order valence-electron chi connectivity index (χ2n) is 7.74. The Morgan fingerprint density at radius 3 is 2.38 bits per heavy atom. The lowest BCUT2D eigenvalue weighted by Crippen LogP contribution is -2.38. The van der Waals surface area contributed by atoms with Crippen molar-refractivity contribution >= 4 is 6.09 Å². The number of amides is 1. The van der Waals surface area contributed by atoms with E-state index in [2.05, 4.69) is 0 Å². The topological polar surface area (TPSA) is 66.5 Å². The van der Waals surface area contributed by atoms with Crippen LogP contribution in [0.3, 0.4) is 0 Å². The summed E-state index contributed by atoms with van der Waals surface area (Å²) < 4.78 is 27.6. The lowest BCUT2D eigenvalue weighted by molar-refractivity contribution is 0.0544. The maximum Gasteiger partial charge on any atom is 0.410 e. The molecule has 1 atom stereocenters. The summed E-state index contributed by atoms with van der Waals surface area (Å²) in [5.41, 5.74) is 2.08. The van der Waals surface area contributed by atoms with Crippen molar-refractivity contribution in [3.05, 3.63) is 53.6 Å². The van der Waals surface area contributed by atoms with Crippen LogP contribution in [0, 0.1) is 0 Å². The number of ether oxygens (including phenoxy) is 5. The molecular formula is C25H33NO6. The molecule has 2 aromatic rings. The number of carbonyl (C=O) groups is 1. The van der Waals surface area contributed by atoms with Crippen LogP contribution in [-0.4, -0.2) is 58.1 Å². The Hall–Kier alpha value is -2.93. The van der Waals surface area contributed by atoms with Gasteiger partial charge in [0.1, 0.15) is 6.61 Å². The highest BCUT2D eigenvalue weighted by Gasteiger charge is 2.30. The quantitative estimate of drug-likeness (QED) is 0.478. The third-order valence-electron chi connectivity index (χ3n) is 5.61. The maximum atomic E-state index is 12.5. The first kappa shape index (κ1) is 23.7. The second kappa shape index (κ2) is 12.2. The lowest BCUT2D eigenvalue weighted by Gasteiger charge is -2.24. The molecule has 0 aliphatic carbocycles. The van der Waals surface area contributed by atoms with Crippen LogP contribution in [-0.2, 0) is 22.5 Å². The number of hydrogen-bond acceptors (Lipinski definition) is 6.